The average molecular weight is 336 g/mol. The fourth-order valence-electron chi connectivity index (χ4n) is 2.92. The molecule has 5 N–H and O–H groups in total. The van der Waals surface area contributed by atoms with Gasteiger partial charge in [-0.25, -0.2) is 4.98 Å². The fraction of sp³-hybridized carbons (Fsp3) is 0.647. The van der Waals surface area contributed by atoms with Crippen molar-refractivity contribution in [3.8, 4) is 5.88 Å². The Morgan fingerprint density at radius 3 is 2.75 bits per heavy atom. The van der Waals surface area contributed by atoms with E-state index in [0.717, 1.165) is 31.4 Å². The number of rotatable bonds is 7. The van der Waals surface area contributed by atoms with E-state index in [1.807, 2.05) is 13.8 Å². The molecular weight excluding hydrogens is 308 g/mol. The summed E-state index contributed by atoms with van der Waals surface area (Å²) in [6.45, 7) is 4.10. The average Bonchev–Trinajstić information content (AvgIpc) is 2.55. The monoisotopic (exact) mass is 336 g/mol. The lowest BCUT2D eigenvalue weighted by Gasteiger charge is -2.30. The zero-order chi connectivity index (χ0) is 17.5. The van der Waals surface area contributed by atoms with E-state index < -0.39 is 0 Å². The molecular formula is C17H28N4O3. The molecule has 7 nitrogen and oxygen atoms in total. The van der Waals surface area contributed by atoms with Gasteiger partial charge in [0.2, 0.25) is 11.8 Å². The number of nitrogens with one attached hydrogen (secondary N) is 2. The number of aromatic nitrogens is 1. The van der Waals surface area contributed by atoms with Crippen molar-refractivity contribution in [2.45, 2.75) is 51.6 Å². The van der Waals surface area contributed by atoms with Gasteiger partial charge in [-0.2, -0.15) is 0 Å². The van der Waals surface area contributed by atoms with Gasteiger partial charge in [0.25, 0.3) is 0 Å². The predicted octanol–water partition coefficient (Wildman–Crippen LogP) is 1.53. The van der Waals surface area contributed by atoms with Gasteiger partial charge in [0, 0.05) is 24.1 Å². The number of anilines is 2. The number of carbonyl (C=O) groups is 1. The van der Waals surface area contributed by atoms with E-state index in [-0.39, 0.29) is 37.1 Å². The molecule has 134 valence electrons. The van der Waals surface area contributed by atoms with Crippen molar-refractivity contribution in [2.24, 2.45) is 5.92 Å². The Morgan fingerprint density at radius 2 is 2.12 bits per heavy atom. The lowest BCUT2D eigenvalue weighted by molar-refractivity contribution is -0.126. The number of amides is 1. The maximum absolute atomic E-state index is 12.1. The summed E-state index contributed by atoms with van der Waals surface area (Å²) in [5.74, 6) is 0.695. The van der Waals surface area contributed by atoms with E-state index in [2.05, 4.69) is 15.6 Å². The standard InChI is InChI=1S/C17H28N4O3/c1-11(2)20-17(23)12-3-5-13(6-4-12)21-15-9-16(24-8-7-22)19-10-14(15)18/h9-13,22H,3-8,18H2,1-2H3,(H,19,21)(H,20,23). The largest absolute Gasteiger partial charge is 0.475 e. The van der Waals surface area contributed by atoms with Crippen molar-refractivity contribution in [2.75, 3.05) is 24.3 Å². The van der Waals surface area contributed by atoms with Crippen LogP contribution < -0.4 is 21.1 Å². The van der Waals surface area contributed by atoms with Crippen LogP contribution in [0, 0.1) is 5.92 Å². The van der Waals surface area contributed by atoms with Crippen LogP contribution in [0.4, 0.5) is 11.4 Å². The van der Waals surface area contributed by atoms with Crippen LogP contribution in [0.2, 0.25) is 0 Å². The second-order valence-electron chi connectivity index (χ2n) is 6.54. The molecule has 0 aliphatic heterocycles. The number of aliphatic hydroxyl groups is 1. The SMILES string of the molecule is CC(C)NC(=O)C1CCC(Nc2cc(OCCO)ncc2N)CC1. The quantitative estimate of drug-likeness (QED) is 0.601. The minimum Gasteiger partial charge on any atom is -0.475 e. The van der Waals surface area contributed by atoms with Gasteiger partial charge in [0.15, 0.2) is 0 Å². The van der Waals surface area contributed by atoms with Crippen molar-refractivity contribution < 1.29 is 14.6 Å². The number of carbonyl (C=O) groups excluding carboxylic acids is 1. The molecule has 0 saturated heterocycles. The number of hydrogen-bond acceptors (Lipinski definition) is 6. The van der Waals surface area contributed by atoms with Crippen LogP contribution in [0.15, 0.2) is 12.3 Å². The molecule has 1 aliphatic carbocycles. The maximum atomic E-state index is 12.1. The molecule has 0 bridgehead atoms. The third-order valence-corrected chi connectivity index (χ3v) is 4.14. The van der Waals surface area contributed by atoms with Gasteiger partial charge >= 0.3 is 0 Å². The van der Waals surface area contributed by atoms with Crippen molar-refractivity contribution in [3.63, 3.8) is 0 Å². The highest BCUT2D eigenvalue weighted by Crippen LogP contribution is 2.29. The molecule has 0 aromatic carbocycles. The van der Waals surface area contributed by atoms with Crippen LogP contribution >= 0.6 is 0 Å². The van der Waals surface area contributed by atoms with Crippen LogP contribution in [0.3, 0.4) is 0 Å². The van der Waals surface area contributed by atoms with E-state index in [9.17, 15) is 4.79 Å². The Kier molecular flexibility index (Phi) is 6.66. The van der Waals surface area contributed by atoms with Crippen LogP contribution in [0.5, 0.6) is 5.88 Å². The lowest BCUT2D eigenvalue weighted by atomic mass is 9.85. The van der Waals surface area contributed by atoms with Crippen LogP contribution in [-0.4, -0.2) is 41.3 Å². The lowest BCUT2D eigenvalue weighted by Crippen LogP contribution is -2.38. The summed E-state index contributed by atoms with van der Waals surface area (Å²) in [5.41, 5.74) is 7.32. The van der Waals surface area contributed by atoms with Gasteiger partial charge in [-0.1, -0.05) is 0 Å². The molecule has 1 aromatic rings. The number of hydrogen-bond donors (Lipinski definition) is 4. The Morgan fingerprint density at radius 1 is 1.42 bits per heavy atom. The van der Waals surface area contributed by atoms with Gasteiger partial charge in [-0.05, 0) is 39.5 Å². The normalized spacial score (nSPS) is 20.7. The molecule has 1 aromatic heterocycles. The minimum absolute atomic E-state index is 0.0583. The first-order valence-corrected chi connectivity index (χ1v) is 8.55. The molecule has 1 aliphatic rings. The zero-order valence-electron chi connectivity index (χ0n) is 14.4. The van der Waals surface area contributed by atoms with E-state index >= 15 is 0 Å². The summed E-state index contributed by atoms with van der Waals surface area (Å²) in [6.07, 6.45) is 5.14. The van der Waals surface area contributed by atoms with Crippen molar-refractivity contribution in [1.29, 1.82) is 0 Å². The van der Waals surface area contributed by atoms with Crippen LogP contribution in [-0.2, 0) is 4.79 Å². The molecule has 7 heteroatoms. The van der Waals surface area contributed by atoms with Gasteiger partial charge in [-0.3, -0.25) is 4.79 Å². The Labute approximate surface area is 143 Å². The predicted molar refractivity (Wildman–Crippen MR) is 93.9 cm³/mol. The van der Waals surface area contributed by atoms with Crippen molar-refractivity contribution in [3.05, 3.63) is 12.3 Å². The Balaban J connectivity index is 1.88. The number of nitrogen functional groups attached to an aromatic ring is 1. The molecule has 1 fully saturated rings. The Hall–Kier alpha value is -2.02. The molecule has 1 saturated carbocycles. The fourth-order valence-corrected chi connectivity index (χ4v) is 2.92. The molecule has 0 radical (unpaired) electrons. The minimum atomic E-state index is -0.0583. The third kappa shape index (κ3) is 5.26. The second kappa shape index (κ2) is 8.73. The Bertz CT molecular complexity index is 543. The van der Waals surface area contributed by atoms with E-state index in [0.29, 0.717) is 11.6 Å². The summed E-state index contributed by atoms with van der Waals surface area (Å²) < 4.78 is 5.32. The summed E-state index contributed by atoms with van der Waals surface area (Å²) in [4.78, 5) is 16.2. The number of aliphatic hydroxyl groups excluding tert-OH is 1. The third-order valence-electron chi connectivity index (χ3n) is 4.14. The second-order valence-corrected chi connectivity index (χ2v) is 6.54. The molecule has 0 unspecified atom stereocenters. The smallest absolute Gasteiger partial charge is 0.223 e. The highest BCUT2D eigenvalue weighted by molar-refractivity contribution is 5.79. The van der Waals surface area contributed by atoms with Crippen LogP contribution in [0.25, 0.3) is 0 Å². The van der Waals surface area contributed by atoms with Crippen LogP contribution in [0.1, 0.15) is 39.5 Å². The number of pyridine rings is 1. The molecule has 24 heavy (non-hydrogen) atoms. The van der Waals surface area contributed by atoms with E-state index in [4.69, 9.17) is 15.6 Å². The maximum Gasteiger partial charge on any atom is 0.223 e. The van der Waals surface area contributed by atoms with Gasteiger partial charge in [0.1, 0.15) is 6.61 Å². The summed E-state index contributed by atoms with van der Waals surface area (Å²) in [6, 6.07) is 2.22. The molecule has 2 rings (SSSR count). The molecule has 1 amide bonds. The van der Waals surface area contributed by atoms with Crippen molar-refractivity contribution in [1.82, 2.24) is 10.3 Å². The topological polar surface area (TPSA) is 110 Å². The molecule has 0 spiro atoms. The van der Waals surface area contributed by atoms with Crippen molar-refractivity contribution >= 4 is 17.3 Å². The number of nitrogens with zero attached hydrogens (tertiary/aromatic N) is 1. The molecule has 1 heterocycles. The van der Waals surface area contributed by atoms with Gasteiger partial charge < -0.3 is 26.2 Å². The summed E-state index contributed by atoms with van der Waals surface area (Å²) in [7, 11) is 0. The van der Waals surface area contributed by atoms with Gasteiger partial charge in [0.05, 0.1) is 24.2 Å². The highest BCUT2D eigenvalue weighted by atomic mass is 16.5. The van der Waals surface area contributed by atoms with Gasteiger partial charge in [-0.15, -0.1) is 0 Å². The molecule has 0 atom stereocenters. The summed E-state index contributed by atoms with van der Waals surface area (Å²) in [5, 5.41) is 15.2. The highest BCUT2D eigenvalue weighted by Gasteiger charge is 2.26. The summed E-state index contributed by atoms with van der Waals surface area (Å²) >= 11 is 0. The number of nitrogens with two attached hydrogens (primary N) is 1. The first-order chi connectivity index (χ1) is 11.5. The van der Waals surface area contributed by atoms with E-state index in [1.54, 1.807) is 12.3 Å². The first kappa shape index (κ1) is 18.3. The van der Waals surface area contributed by atoms with E-state index in [1.165, 1.54) is 0 Å². The zero-order valence-corrected chi connectivity index (χ0v) is 14.4. The number of ether oxygens (including phenoxy) is 1. The first-order valence-electron chi connectivity index (χ1n) is 8.55.